The van der Waals surface area contributed by atoms with Crippen molar-refractivity contribution in [2.45, 2.75) is 19.9 Å². The summed E-state index contributed by atoms with van der Waals surface area (Å²) in [5.41, 5.74) is 2.18. The maximum absolute atomic E-state index is 12.5. The fraction of sp³-hybridized carbons (Fsp3) is 0.190. The first-order valence-corrected chi connectivity index (χ1v) is 10.1. The van der Waals surface area contributed by atoms with E-state index in [-0.39, 0.29) is 18.2 Å². The van der Waals surface area contributed by atoms with E-state index in [0.29, 0.717) is 32.8 Å². The summed E-state index contributed by atoms with van der Waals surface area (Å²) in [6, 6.07) is 14.4. The van der Waals surface area contributed by atoms with Gasteiger partial charge in [-0.3, -0.25) is 9.59 Å². The Bertz CT molecular complexity index is 1020. The molecular formula is C21H20ClN3O3S. The molecule has 0 unspecified atom stereocenters. The number of thiazole rings is 1. The van der Waals surface area contributed by atoms with E-state index in [0.717, 1.165) is 11.3 Å². The Kier molecular flexibility index (Phi) is 6.85. The molecule has 2 aromatic carbocycles. The van der Waals surface area contributed by atoms with Crippen LogP contribution in [0.3, 0.4) is 0 Å². The van der Waals surface area contributed by atoms with Crippen LogP contribution < -0.4 is 15.4 Å². The van der Waals surface area contributed by atoms with Gasteiger partial charge in [-0.05, 0) is 42.8 Å². The monoisotopic (exact) mass is 429 g/mol. The van der Waals surface area contributed by atoms with Crippen LogP contribution in [-0.4, -0.2) is 23.9 Å². The van der Waals surface area contributed by atoms with Gasteiger partial charge in [-0.15, -0.1) is 11.3 Å². The molecule has 0 radical (unpaired) electrons. The number of hydrogen-bond acceptors (Lipinski definition) is 5. The zero-order valence-corrected chi connectivity index (χ0v) is 17.6. The molecule has 2 N–H and O–H groups in total. The summed E-state index contributed by atoms with van der Waals surface area (Å²) in [6.07, 6.45) is 0.0871. The molecule has 0 aliphatic heterocycles. The molecule has 0 saturated heterocycles. The van der Waals surface area contributed by atoms with Gasteiger partial charge in [0.25, 0.3) is 5.91 Å². The second-order valence-corrected chi connectivity index (χ2v) is 7.81. The highest BCUT2D eigenvalue weighted by Crippen LogP contribution is 2.20. The van der Waals surface area contributed by atoms with E-state index in [1.807, 2.05) is 24.3 Å². The van der Waals surface area contributed by atoms with Gasteiger partial charge >= 0.3 is 0 Å². The molecule has 0 aliphatic carbocycles. The molecular weight excluding hydrogens is 410 g/mol. The number of amides is 2. The summed E-state index contributed by atoms with van der Waals surface area (Å²) in [7, 11) is 1.61. The minimum Gasteiger partial charge on any atom is -0.497 e. The first-order chi connectivity index (χ1) is 13.9. The Hall–Kier alpha value is -2.90. The van der Waals surface area contributed by atoms with Crippen molar-refractivity contribution in [2.24, 2.45) is 0 Å². The van der Waals surface area contributed by atoms with E-state index < -0.39 is 0 Å². The molecule has 8 heteroatoms. The Morgan fingerprint density at radius 2 is 1.93 bits per heavy atom. The molecule has 2 amide bonds. The molecule has 3 aromatic rings. The number of ether oxygens (including phenoxy) is 1. The molecule has 0 fully saturated rings. The van der Waals surface area contributed by atoms with Gasteiger partial charge in [-0.2, -0.15) is 0 Å². The second kappa shape index (κ2) is 9.54. The number of halogens is 1. The molecule has 0 atom stereocenters. The number of anilines is 1. The Morgan fingerprint density at radius 1 is 1.17 bits per heavy atom. The molecule has 6 nitrogen and oxygen atoms in total. The lowest BCUT2D eigenvalue weighted by Crippen LogP contribution is -2.22. The van der Waals surface area contributed by atoms with Crippen molar-refractivity contribution in [3.8, 4) is 5.75 Å². The van der Waals surface area contributed by atoms with Crippen LogP contribution >= 0.6 is 22.9 Å². The van der Waals surface area contributed by atoms with Crippen molar-refractivity contribution in [1.82, 2.24) is 10.3 Å². The van der Waals surface area contributed by atoms with E-state index in [1.165, 1.54) is 11.3 Å². The van der Waals surface area contributed by atoms with Crippen molar-refractivity contribution in [2.75, 3.05) is 12.4 Å². The van der Waals surface area contributed by atoms with E-state index in [1.54, 1.807) is 38.3 Å². The normalized spacial score (nSPS) is 10.4. The van der Waals surface area contributed by atoms with Crippen LogP contribution in [0.4, 0.5) is 5.69 Å². The summed E-state index contributed by atoms with van der Waals surface area (Å²) in [4.78, 5) is 29.6. The average Bonchev–Trinajstić information content (AvgIpc) is 3.06. The standard InChI is InChI=1S/C21H20ClN3O3S/c1-13-20(21(27)23-12-14-6-8-17(28-2)9-7-14)29-19(24-13)11-18(26)25-16-5-3-4-15(22)10-16/h3-10H,11-12H2,1-2H3,(H,23,27)(H,25,26). The summed E-state index contributed by atoms with van der Waals surface area (Å²) in [5, 5.41) is 6.78. The lowest BCUT2D eigenvalue weighted by Gasteiger charge is -2.05. The summed E-state index contributed by atoms with van der Waals surface area (Å²) >= 11 is 7.15. The predicted molar refractivity (Wildman–Crippen MR) is 115 cm³/mol. The first kappa shape index (κ1) is 20.8. The zero-order valence-electron chi connectivity index (χ0n) is 16.0. The van der Waals surface area contributed by atoms with Crippen LogP contribution in [-0.2, 0) is 17.8 Å². The number of rotatable bonds is 7. The summed E-state index contributed by atoms with van der Waals surface area (Å²) in [6.45, 7) is 2.15. The van der Waals surface area contributed by atoms with Gasteiger partial charge in [-0.1, -0.05) is 29.8 Å². The van der Waals surface area contributed by atoms with Crippen LogP contribution in [0.25, 0.3) is 0 Å². The van der Waals surface area contributed by atoms with Crippen molar-refractivity contribution in [3.63, 3.8) is 0 Å². The number of aryl methyl sites for hydroxylation is 1. The summed E-state index contributed by atoms with van der Waals surface area (Å²) in [5.74, 6) is 0.336. The fourth-order valence-corrected chi connectivity index (χ4v) is 3.82. The SMILES string of the molecule is COc1ccc(CNC(=O)c2sc(CC(=O)Nc3cccc(Cl)c3)nc2C)cc1. The molecule has 150 valence electrons. The van der Waals surface area contributed by atoms with E-state index in [4.69, 9.17) is 16.3 Å². The van der Waals surface area contributed by atoms with Gasteiger partial charge in [0.05, 0.1) is 19.2 Å². The smallest absolute Gasteiger partial charge is 0.263 e. The lowest BCUT2D eigenvalue weighted by atomic mass is 10.2. The number of nitrogens with zero attached hydrogens (tertiary/aromatic N) is 1. The molecule has 3 rings (SSSR count). The lowest BCUT2D eigenvalue weighted by molar-refractivity contribution is -0.115. The highest BCUT2D eigenvalue weighted by Gasteiger charge is 2.17. The van der Waals surface area contributed by atoms with E-state index in [9.17, 15) is 9.59 Å². The molecule has 0 spiro atoms. The number of carbonyl (C=O) groups excluding carboxylic acids is 2. The highest BCUT2D eigenvalue weighted by molar-refractivity contribution is 7.13. The van der Waals surface area contributed by atoms with Crippen molar-refractivity contribution >= 4 is 40.4 Å². The first-order valence-electron chi connectivity index (χ1n) is 8.87. The summed E-state index contributed by atoms with van der Waals surface area (Å²) < 4.78 is 5.12. The topological polar surface area (TPSA) is 80.3 Å². The third kappa shape index (κ3) is 5.79. The van der Waals surface area contributed by atoms with Gasteiger partial charge in [-0.25, -0.2) is 4.98 Å². The number of methoxy groups -OCH3 is 1. The van der Waals surface area contributed by atoms with Gasteiger partial charge < -0.3 is 15.4 Å². The van der Waals surface area contributed by atoms with Crippen LogP contribution in [0.15, 0.2) is 48.5 Å². The molecule has 0 saturated carbocycles. The minimum absolute atomic E-state index is 0.0871. The maximum Gasteiger partial charge on any atom is 0.263 e. The van der Waals surface area contributed by atoms with Crippen LogP contribution in [0, 0.1) is 6.92 Å². The fourth-order valence-electron chi connectivity index (χ4n) is 2.65. The molecule has 1 aromatic heterocycles. The molecule has 0 aliphatic rings. The minimum atomic E-state index is -0.216. The van der Waals surface area contributed by atoms with Crippen molar-refractivity contribution in [3.05, 3.63) is 74.7 Å². The van der Waals surface area contributed by atoms with Crippen molar-refractivity contribution in [1.29, 1.82) is 0 Å². The highest BCUT2D eigenvalue weighted by atomic mass is 35.5. The Labute approximate surface area is 177 Å². The van der Waals surface area contributed by atoms with Gasteiger partial charge in [0.15, 0.2) is 0 Å². The predicted octanol–water partition coefficient (Wildman–Crippen LogP) is 4.22. The van der Waals surface area contributed by atoms with E-state index >= 15 is 0 Å². The maximum atomic E-state index is 12.5. The largest absolute Gasteiger partial charge is 0.497 e. The van der Waals surface area contributed by atoms with Crippen LogP contribution in [0.2, 0.25) is 5.02 Å². The quantitative estimate of drug-likeness (QED) is 0.589. The van der Waals surface area contributed by atoms with Gasteiger partial charge in [0, 0.05) is 17.3 Å². The molecule has 1 heterocycles. The third-order valence-corrected chi connectivity index (χ3v) is 5.47. The van der Waals surface area contributed by atoms with E-state index in [2.05, 4.69) is 15.6 Å². The molecule has 29 heavy (non-hydrogen) atoms. The number of hydrogen-bond donors (Lipinski definition) is 2. The van der Waals surface area contributed by atoms with Crippen LogP contribution in [0.1, 0.15) is 25.9 Å². The number of benzene rings is 2. The zero-order chi connectivity index (χ0) is 20.8. The van der Waals surface area contributed by atoms with Crippen molar-refractivity contribution < 1.29 is 14.3 Å². The van der Waals surface area contributed by atoms with Gasteiger partial charge in [0.1, 0.15) is 15.6 Å². The Morgan fingerprint density at radius 3 is 2.62 bits per heavy atom. The van der Waals surface area contributed by atoms with Crippen LogP contribution in [0.5, 0.6) is 5.75 Å². The number of aromatic nitrogens is 1. The molecule has 0 bridgehead atoms. The second-order valence-electron chi connectivity index (χ2n) is 6.29. The third-order valence-electron chi connectivity index (χ3n) is 4.08. The number of carbonyl (C=O) groups is 2. The van der Waals surface area contributed by atoms with Gasteiger partial charge in [0.2, 0.25) is 5.91 Å². The Balaban J connectivity index is 1.58. The number of nitrogens with one attached hydrogen (secondary N) is 2. The average molecular weight is 430 g/mol.